The molecule has 0 aliphatic heterocycles. The molecule has 1 heterocycles. The number of nitrogens with two attached hydrogens (primary N) is 1. The SMILES string of the molecule is Cc1ccc(C(C)Nc2ccccc2OCCC(N)=O)o1. The summed E-state index contributed by atoms with van der Waals surface area (Å²) in [7, 11) is 0. The van der Waals surface area contributed by atoms with Gasteiger partial charge in [0.15, 0.2) is 0 Å². The van der Waals surface area contributed by atoms with E-state index in [0.717, 1.165) is 17.2 Å². The fourth-order valence-electron chi connectivity index (χ4n) is 1.96. The van der Waals surface area contributed by atoms with E-state index in [1.54, 1.807) is 0 Å². The van der Waals surface area contributed by atoms with Crippen LogP contribution in [0.4, 0.5) is 5.69 Å². The molecule has 0 saturated heterocycles. The number of aryl methyl sites for hydroxylation is 1. The molecule has 0 radical (unpaired) electrons. The van der Waals surface area contributed by atoms with Gasteiger partial charge >= 0.3 is 0 Å². The summed E-state index contributed by atoms with van der Waals surface area (Å²) in [5.74, 6) is 2.05. The van der Waals surface area contributed by atoms with E-state index < -0.39 is 0 Å². The Bertz CT molecular complexity index is 607. The lowest BCUT2D eigenvalue weighted by Gasteiger charge is -2.16. The fourth-order valence-corrected chi connectivity index (χ4v) is 1.96. The third-order valence-electron chi connectivity index (χ3n) is 3.05. The number of rotatable bonds is 7. The van der Waals surface area contributed by atoms with Crippen LogP contribution in [0.1, 0.15) is 30.9 Å². The summed E-state index contributed by atoms with van der Waals surface area (Å²) in [6, 6.07) is 11.5. The van der Waals surface area contributed by atoms with Gasteiger partial charge in [0.25, 0.3) is 0 Å². The number of para-hydroxylation sites is 2. The van der Waals surface area contributed by atoms with Gasteiger partial charge in [-0.15, -0.1) is 0 Å². The molecule has 1 aromatic heterocycles. The second kappa shape index (κ2) is 6.83. The minimum Gasteiger partial charge on any atom is -0.491 e. The van der Waals surface area contributed by atoms with Gasteiger partial charge in [-0.3, -0.25) is 4.79 Å². The number of amides is 1. The zero-order valence-electron chi connectivity index (χ0n) is 12.3. The first kappa shape index (κ1) is 15.0. The van der Waals surface area contributed by atoms with E-state index in [1.165, 1.54) is 0 Å². The molecule has 21 heavy (non-hydrogen) atoms. The maximum atomic E-state index is 10.8. The molecule has 2 aromatic rings. The smallest absolute Gasteiger partial charge is 0.220 e. The highest BCUT2D eigenvalue weighted by Crippen LogP contribution is 2.28. The highest BCUT2D eigenvalue weighted by atomic mass is 16.5. The van der Waals surface area contributed by atoms with Gasteiger partial charge in [0, 0.05) is 0 Å². The maximum Gasteiger partial charge on any atom is 0.220 e. The summed E-state index contributed by atoms with van der Waals surface area (Å²) >= 11 is 0. The number of primary amides is 1. The normalized spacial score (nSPS) is 11.9. The molecule has 0 saturated carbocycles. The van der Waals surface area contributed by atoms with Gasteiger partial charge < -0.3 is 20.2 Å². The van der Waals surface area contributed by atoms with Gasteiger partial charge in [-0.1, -0.05) is 12.1 Å². The van der Waals surface area contributed by atoms with Gasteiger partial charge in [0.05, 0.1) is 24.8 Å². The third kappa shape index (κ3) is 4.27. The number of furan rings is 1. The van der Waals surface area contributed by atoms with Crippen molar-refractivity contribution < 1.29 is 13.9 Å². The maximum absolute atomic E-state index is 10.8. The third-order valence-corrected chi connectivity index (χ3v) is 3.05. The van der Waals surface area contributed by atoms with E-state index in [1.807, 2.05) is 50.2 Å². The van der Waals surface area contributed by atoms with Crippen molar-refractivity contribution in [3.05, 3.63) is 47.9 Å². The molecular weight excluding hydrogens is 268 g/mol. The number of nitrogens with one attached hydrogen (secondary N) is 1. The fraction of sp³-hybridized carbons (Fsp3) is 0.312. The van der Waals surface area contributed by atoms with E-state index >= 15 is 0 Å². The Morgan fingerprint density at radius 1 is 1.33 bits per heavy atom. The Kier molecular flexibility index (Phi) is 4.87. The average molecular weight is 288 g/mol. The molecule has 0 fully saturated rings. The number of hydrogen-bond donors (Lipinski definition) is 2. The van der Waals surface area contributed by atoms with Crippen molar-refractivity contribution in [3.8, 4) is 5.75 Å². The van der Waals surface area contributed by atoms with E-state index in [2.05, 4.69) is 5.32 Å². The monoisotopic (exact) mass is 288 g/mol. The molecule has 1 amide bonds. The lowest BCUT2D eigenvalue weighted by Crippen LogP contribution is -2.15. The van der Waals surface area contributed by atoms with E-state index in [0.29, 0.717) is 5.75 Å². The van der Waals surface area contributed by atoms with Crippen LogP contribution in [0.3, 0.4) is 0 Å². The highest BCUT2D eigenvalue weighted by Gasteiger charge is 2.12. The summed E-state index contributed by atoms with van der Waals surface area (Å²) in [4.78, 5) is 10.8. The molecule has 5 nitrogen and oxygen atoms in total. The average Bonchev–Trinajstić information content (AvgIpc) is 2.87. The Balaban J connectivity index is 2.03. The Morgan fingerprint density at radius 3 is 2.76 bits per heavy atom. The molecule has 1 atom stereocenters. The van der Waals surface area contributed by atoms with Crippen LogP contribution in [0.25, 0.3) is 0 Å². The predicted molar refractivity (Wildman–Crippen MR) is 81.2 cm³/mol. The topological polar surface area (TPSA) is 77.5 Å². The van der Waals surface area contributed by atoms with Crippen LogP contribution in [0, 0.1) is 6.92 Å². The zero-order valence-corrected chi connectivity index (χ0v) is 12.3. The quantitative estimate of drug-likeness (QED) is 0.821. The van der Waals surface area contributed by atoms with E-state index in [4.69, 9.17) is 14.9 Å². The van der Waals surface area contributed by atoms with Crippen LogP contribution in [-0.2, 0) is 4.79 Å². The first-order chi connectivity index (χ1) is 10.1. The summed E-state index contributed by atoms with van der Waals surface area (Å²) in [5, 5.41) is 3.34. The lowest BCUT2D eigenvalue weighted by molar-refractivity contribution is -0.118. The van der Waals surface area contributed by atoms with Crippen molar-refractivity contribution in [1.82, 2.24) is 0 Å². The van der Waals surface area contributed by atoms with Crippen LogP contribution < -0.4 is 15.8 Å². The molecule has 112 valence electrons. The van der Waals surface area contributed by atoms with Gasteiger partial charge in [-0.2, -0.15) is 0 Å². The molecule has 3 N–H and O–H groups in total. The van der Waals surface area contributed by atoms with Crippen LogP contribution in [0.2, 0.25) is 0 Å². The second-order valence-corrected chi connectivity index (χ2v) is 4.88. The Morgan fingerprint density at radius 2 is 2.10 bits per heavy atom. The molecular formula is C16H20N2O3. The number of hydrogen-bond acceptors (Lipinski definition) is 4. The predicted octanol–water partition coefficient (Wildman–Crippen LogP) is 3.02. The minimum absolute atomic E-state index is 0.0135. The Labute approximate surface area is 124 Å². The number of benzene rings is 1. The van der Waals surface area contributed by atoms with E-state index in [-0.39, 0.29) is 25.0 Å². The summed E-state index contributed by atoms with van der Waals surface area (Å²) < 4.78 is 11.2. The van der Waals surface area contributed by atoms with Gasteiger partial charge in [0.2, 0.25) is 5.91 Å². The number of ether oxygens (including phenoxy) is 1. The number of carbonyl (C=O) groups excluding carboxylic acids is 1. The van der Waals surface area contributed by atoms with Crippen LogP contribution in [0.5, 0.6) is 5.75 Å². The van der Waals surface area contributed by atoms with Crippen LogP contribution in [-0.4, -0.2) is 12.5 Å². The van der Waals surface area contributed by atoms with Crippen molar-refractivity contribution in [3.63, 3.8) is 0 Å². The number of carbonyl (C=O) groups is 1. The van der Waals surface area contributed by atoms with Crippen molar-refractivity contribution in [2.24, 2.45) is 5.73 Å². The van der Waals surface area contributed by atoms with Gasteiger partial charge in [-0.05, 0) is 38.1 Å². The molecule has 0 bridgehead atoms. The van der Waals surface area contributed by atoms with Gasteiger partial charge in [0.1, 0.15) is 17.3 Å². The zero-order chi connectivity index (χ0) is 15.2. The summed E-state index contributed by atoms with van der Waals surface area (Å²) in [6.45, 7) is 4.19. The molecule has 0 aliphatic carbocycles. The first-order valence-electron chi connectivity index (χ1n) is 6.89. The molecule has 1 aromatic carbocycles. The molecule has 1 unspecified atom stereocenters. The summed E-state index contributed by atoms with van der Waals surface area (Å²) in [5.41, 5.74) is 5.96. The lowest BCUT2D eigenvalue weighted by atomic mass is 10.2. The molecule has 5 heteroatoms. The van der Waals surface area contributed by atoms with Crippen molar-refractivity contribution in [2.45, 2.75) is 26.3 Å². The van der Waals surface area contributed by atoms with Crippen molar-refractivity contribution in [2.75, 3.05) is 11.9 Å². The Hall–Kier alpha value is -2.43. The van der Waals surface area contributed by atoms with Crippen LogP contribution in [0.15, 0.2) is 40.8 Å². The van der Waals surface area contributed by atoms with Crippen molar-refractivity contribution in [1.29, 1.82) is 0 Å². The number of anilines is 1. The molecule has 0 spiro atoms. The van der Waals surface area contributed by atoms with E-state index in [9.17, 15) is 4.79 Å². The minimum atomic E-state index is -0.375. The standard InChI is InChI=1S/C16H20N2O3/c1-11-7-8-14(21-11)12(2)18-13-5-3-4-6-15(13)20-10-9-16(17)19/h3-8,12,18H,9-10H2,1-2H3,(H2,17,19). The van der Waals surface area contributed by atoms with Crippen LogP contribution >= 0.6 is 0 Å². The van der Waals surface area contributed by atoms with Crippen molar-refractivity contribution >= 4 is 11.6 Å². The second-order valence-electron chi connectivity index (χ2n) is 4.88. The molecule has 0 aliphatic rings. The largest absolute Gasteiger partial charge is 0.491 e. The first-order valence-corrected chi connectivity index (χ1v) is 6.89. The van der Waals surface area contributed by atoms with Gasteiger partial charge in [-0.25, -0.2) is 0 Å². The molecule has 2 rings (SSSR count). The summed E-state index contributed by atoms with van der Waals surface area (Å²) in [6.07, 6.45) is 0.196. The highest BCUT2D eigenvalue weighted by molar-refractivity contribution is 5.73.